The van der Waals surface area contributed by atoms with Crippen LogP contribution in [0.5, 0.6) is 5.75 Å². The Hall–Kier alpha value is -2.38. The summed E-state index contributed by atoms with van der Waals surface area (Å²) < 4.78 is 11.3. The monoisotopic (exact) mass is 327 g/mol. The second-order valence-corrected chi connectivity index (χ2v) is 6.11. The van der Waals surface area contributed by atoms with Crippen molar-refractivity contribution in [3.63, 3.8) is 0 Å². The average molecular weight is 327 g/mol. The number of aryl methyl sites for hydroxylation is 1. The van der Waals surface area contributed by atoms with E-state index in [4.69, 9.17) is 9.47 Å². The van der Waals surface area contributed by atoms with Crippen LogP contribution in [0.1, 0.15) is 23.1 Å². The highest BCUT2D eigenvalue weighted by molar-refractivity contribution is 5.87. The zero-order chi connectivity index (χ0) is 16.5. The largest absolute Gasteiger partial charge is 0.496 e. The second kappa shape index (κ2) is 6.26. The lowest BCUT2D eigenvalue weighted by Crippen LogP contribution is -2.34. The van der Waals surface area contributed by atoms with Gasteiger partial charge >= 0.3 is 0 Å². The number of H-pyrrole nitrogens is 2. The van der Waals surface area contributed by atoms with Gasteiger partial charge in [0.25, 0.3) is 0 Å². The zero-order valence-corrected chi connectivity index (χ0v) is 13.8. The molecule has 3 heterocycles. The fourth-order valence-electron chi connectivity index (χ4n) is 3.31. The van der Waals surface area contributed by atoms with Crippen molar-refractivity contribution in [2.24, 2.45) is 0 Å². The van der Waals surface area contributed by atoms with E-state index in [0.717, 1.165) is 33.9 Å². The molecular formula is C17H21N5O2. The molecule has 2 aromatic heterocycles. The van der Waals surface area contributed by atoms with Crippen molar-refractivity contribution in [3.05, 3.63) is 41.6 Å². The minimum atomic E-state index is 0.164. The molecule has 0 spiro atoms. The smallest absolute Gasteiger partial charge is 0.157 e. The van der Waals surface area contributed by atoms with E-state index in [9.17, 15) is 0 Å². The second-order valence-electron chi connectivity index (χ2n) is 6.11. The Morgan fingerprint density at radius 2 is 2.25 bits per heavy atom. The van der Waals surface area contributed by atoms with Gasteiger partial charge in [-0.3, -0.25) is 5.10 Å². The van der Waals surface area contributed by atoms with Crippen LogP contribution in [0.3, 0.4) is 0 Å². The van der Waals surface area contributed by atoms with E-state index >= 15 is 0 Å². The van der Waals surface area contributed by atoms with E-state index in [1.54, 1.807) is 7.11 Å². The van der Waals surface area contributed by atoms with Gasteiger partial charge in [0, 0.05) is 35.2 Å². The molecular weight excluding hydrogens is 306 g/mol. The highest BCUT2D eigenvalue weighted by atomic mass is 16.5. The molecule has 2 atom stereocenters. The maximum atomic E-state index is 5.64. The van der Waals surface area contributed by atoms with Crippen LogP contribution in [0.4, 0.5) is 0 Å². The lowest BCUT2D eigenvalue weighted by Gasteiger charge is -2.18. The third-order valence-electron chi connectivity index (χ3n) is 4.55. The lowest BCUT2D eigenvalue weighted by molar-refractivity contribution is 0.187. The molecule has 0 amide bonds. The van der Waals surface area contributed by atoms with Gasteiger partial charge in [0.15, 0.2) is 5.82 Å². The Kier molecular flexibility index (Phi) is 3.95. The molecule has 24 heavy (non-hydrogen) atoms. The van der Waals surface area contributed by atoms with Crippen molar-refractivity contribution in [1.82, 2.24) is 25.5 Å². The van der Waals surface area contributed by atoms with E-state index in [2.05, 4.69) is 37.6 Å². The number of benzene rings is 1. The Labute approximate surface area is 139 Å². The predicted octanol–water partition coefficient (Wildman–Crippen LogP) is 1.88. The van der Waals surface area contributed by atoms with Gasteiger partial charge in [0.05, 0.1) is 26.2 Å². The lowest BCUT2D eigenvalue weighted by atomic mass is 10.0. The number of hydrogen-bond acceptors (Lipinski definition) is 5. The molecule has 3 aromatic rings. The number of rotatable bonds is 5. The Bertz CT molecular complexity index is 840. The normalized spacial score (nSPS) is 20.8. The number of methoxy groups -OCH3 is 1. The Morgan fingerprint density at radius 3 is 3.04 bits per heavy atom. The summed E-state index contributed by atoms with van der Waals surface area (Å²) in [6.45, 7) is 3.92. The van der Waals surface area contributed by atoms with Gasteiger partial charge in [-0.25, -0.2) is 4.98 Å². The van der Waals surface area contributed by atoms with Crippen molar-refractivity contribution in [3.8, 4) is 5.75 Å². The molecule has 0 bridgehead atoms. The summed E-state index contributed by atoms with van der Waals surface area (Å²) in [6.07, 6.45) is 1.93. The number of hydrogen-bond donors (Lipinski definition) is 3. The summed E-state index contributed by atoms with van der Waals surface area (Å²) >= 11 is 0. The number of nitrogens with one attached hydrogen (secondary N) is 3. The fraction of sp³-hybridized carbons (Fsp3) is 0.412. The first-order chi connectivity index (χ1) is 11.8. The van der Waals surface area contributed by atoms with Crippen LogP contribution in [-0.4, -0.2) is 46.5 Å². The molecule has 7 heteroatoms. The van der Waals surface area contributed by atoms with Gasteiger partial charge in [-0.05, 0) is 19.1 Å². The summed E-state index contributed by atoms with van der Waals surface area (Å²) in [7, 11) is 1.71. The molecule has 1 saturated heterocycles. The Morgan fingerprint density at radius 1 is 1.33 bits per heavy atom. The molecule has 4 rings (SSSR count). The SMILES string of the molecule is COc1c(CN[C@@H]2COC[C@@H]2c2n[nH]c(C)n2)ccc2[nH]ccc12. The standard InChI is InChI=1S/C17H21N5O2/c1-10-20-17(22-21-10)13-8-24-9-15(13)19-7-11-3-4-14-12(5-6-18-14)16(11)23-2/h3-6,13,15,18-19H,7-9H2,1-2H3,(H,20,21,22)/t13-,15+/m0/s1. The molecule has 0 aliphatic carbocycles. The zero-order valence-electron chi connectivity index (χ0n) is 13.8. The van der Waals surface area contributed by atoms with E-state index in [0.29, 0.717) is 19.8 Å². The number of aromatic nitrogens is 4. The molecule has 0 saturated carbocycles. The molecule has 0 unspecified atom stereocenters. The van der Waals surface area contributed by atoms with E-state index < -0.39 is 0 Å². The van der Waals surface area contributed by atoms with E-state index in [1.807, 2.05) is 19.2 Å². The minimum Gasteiger partial charge on any atom is -0.496 e. The molecule has 1 fully saturated rings. The van der Waals surface area contributed by atoms with Crippen LogP contribution < -0.4 is 10.1 Å². The first-order valence-corrected chi connectivity index (χ1v) is 8.09. The maximum absolute atomic E-state index is 5.64. The van der Waals surface area contributed by atoms with Crippen molar-refractivity contribution in [2.45, 2.75) is 25.4 Å². The van der Waals surface area contributed by atoms with Gasteiger partial charge in [0.1, 0.15) is 11.6 Å². The van der Waals surface area contributed by atoms with Crippen LogP contribution >= 0.6 is 0 Å². The van der Waals surface area contributed by atoms with Crippen LogP contribution in [0, 0.1) is 6.92 Å². The summed E-state index contributed by atoms with van der Waals surface area (Å²) in [5.74, 6) is 2.72. The van der Waals surface area contributed by atoms with Gasteiger partial charge in [-0.1, -0.05) is 6.07 Å². The summed E-state index contributed by atoms with van der Waals surface area (Å²) in [6, 6.07) is 6.39. The predicted molar refractivity (Wildman–Crippen MR) is 90.2 cm³/mol. The molecule has 1 aliphatic rings. The van der Waals surface area contributed by atoms with Crippen molar-refractivity contribution in [2.75, 3.05) is 20.3 Å². The molecule has 1 aromatic carbocycles. The summed E-state index contributed by atoms with van der Waals surface area (Å²) in [5.41, 5.74) is 2.20. The number of fused-ring (bicyclic) bond motifs is 1. The molecule has 0 radical (unpaired) electrons. The topological polar surface area (TPSA) is 87.8 Å². The third kappa shape index (κ3) is 2.65. The van der Waals surface area contributed by atoms with Gasteiger partial charge in [-0.15, -0.1) is 0 Å². The fourth-order valence-corrected chi connectivity index (χ4v) is 3.31. The van der Waals surface area contributed by atoms with Crippen molar-refractivity contribution in [1.29, 1.82) is 0 Å². The summed E-state index contributed by atoms with van der Waals surface area (Å²) in [5, 5.41) is 11.9. The minimum absolute atomic E-state index is 0.164. The van der Waals surface area contributed by atoms with Gasteiger partial charge in [-0.2, -0.15) is 5.10 Å². The molecule has 3 N–H and O–H groups in total. The van der Waals surface area contributed by atoms with Crippen molar-refractivity contribution >= 4 is 10.9 Å². The van der Waals surface area contributed by atoms with Crippen LogP contribution in [0.25, 0.3) is 10.9 Å². The van der Waals surface area contributed by atoms with Crippen LogP contribution in [-0.2, 0) is 11.3 Å². The average Bonchev–Trinajstić information content (AvgIpc) is 3.31. The first kappa shape index (κ1) is 15.2. The maximum Gasteiger partial charge on any atom is 0.157 e. The highest BCUT2D eigenvalue weighted by Crippen LogP contribution is 2.30. The first-order valence-electron chi connectivity index (χ1n) is 8.09. The number of aromatic amines is 2. The number of ether oxygens (including phenoxy) is 2. The van der Waals surface area contributed by atoms with E-state index in [1.165, 1.54) is 0 Å². The quantitative estimate of drug-likeness (QED) is 0.666. The summed E-state index contributed by atoms with van der Waals surface area (Å²) in [4.78, 5) is 7.66. The molecule has 7 nitrogen and oxygen atoms in total. The highest BCUT2D eigenvalue weighted by Gasteiger charge is 2.32. The third-order valence-corrected chi connectivity index (χ3v) is 4.55. The van der Waals surface area contributed by atoms with E-state index in [-0.39, 0.29) is 12.0 Å². The Balaban J connectivity index is 1.52. The number of nitrogens with zero attached hydrogens (tertiary/aromatic N) is 2. The van der Waals surface area contributed by atoms with Gasteiger partial charge in [0.2, 0.25) is 0 Å². The van der Waals surface area contributed by atoms with Crippen LogP contribution in [0.15, 0.2) is 24.4 Å². The van der Waals surface area contributed by atoms with Gasteiger partial charge < -0.3 is 19.8 Å². The molecule has 1 aliphatic heterocycles. The van der Waals surface area contributed by atoms with Crippen LogP contribution in [0.2, 0.25) is 0 Å². The van der Waals surface area contributed by atoms with Crippen molar-refractivity contribution < 1.29 is 9.47 Å². The molecule has 126 valence electrons.